The largest absolute Gasteiger partial charge is 0.360 e. The van der Waals surface area contributed by atoms with Gasteiger partial charge in [-0.25, -0.2) is 4.39 Å². The summed E-state index contributed by atoms with van der Waals surface area (Å²) in [6.45, 7) is 1.72. The fraction of sp³-hybridized carbons (Fsp3) is 0.0769. The molecule has 2 N–H and O–H groups in total. The third-order valence-electron chi connectivity index (χ3n) is 2.73. The Balaban J connectivity index is 1.91. The van der Waals surface area contributed by atoms with Gasteiger partial charge >= 0.3 is 0 Å². The Labute approximate surface area is 107 Å². The van der Waals surface area contributed by atoms with Crippen molar-refractivity contribution in [2.45, 2.75) is 6.92 Å². The number of carbonyl (C=O) groups is 1. The lowest BCUT2D eigenvalue weighted by molar-refractivity contribution is 0.102. The third kappa shape index (κ3) is 2.08. The average molecular weight is 259 g/mol. The van der Waals surface area contributed by atoms with Crippen LogP contribution in [0.25, 0.3) is 10.9 Å². The molecule has 5 nitrogen and oxygen atoms in total. The normalized spacial score (nSPS) is 10.8. The van der Waals surface area contributed by atoms with Crippen molar-refractivity contribution in [1.82, 2.24) is 10.1 Å². The molecule has 0 aliphatic heterocycles. The molecular formula is C13H10FN3O2. The number of fused-ring (bicyclic) bond motifs is 1. The molecule has 0 atom stereocenters. The smallest absolute Gasteiger partial charge is 0.273 e. The quantitative estimate of drug-likeness (QED) is 0.743. The highest BCUT2D eigenvalue weighted by Gasteiger charge is 2.13. The number of H-pyrrole nitrogens is 1. The molecule has 0 saturated heterocycles. The first kappa shape index (κ1) is 11.5. The van der Waals surface area contributed by atoms with Crippen molar-refractivity contribution >= 4 is 22.6 Å². The standard InChI is InChI=1S/C13H10FN3O2/c1-7-5-12(17-19-7)16-13(18)11-6-8-9(14)3-2-4-10(8)15-11/h2-6,15H,1H3,(H,16,17,18). The molecule has 6 heteroatoms. The van der Waals surface area contributed by atoms with E-state index < -0.39 is 5.91 Å². The monoisotopic (exact) mass is 259 g/mol. The Morgan fingerprint density at radius 2 is 2.26 bits per heavy atom. The van der Waals surface area contributed by atoms with E-state index in [0.29, 0.717) is 22.5 Å². The van der Waals surface area contributed by atoms with Crippen LogP contribution in [0.1, 0.15) is 16.2 Å². The van der Waals surface area contributed by atoms with Crippen LogP contribution in [0.5, 0.6) is 0 Å². The number of aromatic nitrogens is 2. The van der Waals surface area contributed by atoms with Gasteiger partial charge in [-0.05, 0) is 25.1 Å². The second-order valence-corrected chi connectivity index (χ2v) is 4.16. The highest BCUT2D eigenvalue weighted by molar-refractivity contribution is 6.05. The van der Waals surface area contributed by atoms with Crippen LogP contribution in [0.4, 0.5) is 10.2 Å². The summed E-state index contributed by atoms with van der Waals surface area (Å²) in [5.74, 6) is 0.147. The van der Waals surface area contributed by atoms with E-state index in [2.05, 4.69) is 15.5 Å². The second-order valence-electron chi connectivity index (χ2n) is 4.16. The molecule has 3 aromatic rings. The van der Waals surface area contributed by atoms with E-state index in [9.17, 15) is 9.18 Å². The number of hydrogen-bond donors (Lipinski definition) is 2. The Hall–Kier alpha value is -2.63. The summed E-state index contributed by atoms with van der Waals surface area (Å²) in [6.07, 6.45) is 0. The molecule has 19 heavy (non-hydrogen) atoms. The van der Waals surface area contributed by atoms with Crippen LogP contribution < -0.4 is 5.32 Å². The molecule has 0 spiro atoms. The number of aromatic amines is 1. The van der Waals surface area contributed by atoms with Gasteiger partial charge in [0.05, 0.1) is 0 Å². The molecule has 3 rings (SSSR count). The summed E-state index contributed by atoms with van der Waals surface area (Å²) in [4.78, 5) is 14.8. The van der Waals surface area contributed by atoms with Gasteiger partial charge in [0.2, 0.25) is 0 Å². The zero-order valence-corrected chi connectivity index (χ0v) is 10.0. The predicted octanol–water partition coefficient (Wildman–Crippen LogP) is 2.86. The van der Waals surface area contributed by atoms with E-state index in [-0.39, 0.29) is 11.5 Å². The predicted molar refractivity (Wildman–Crippen MR) is 67.4 cm³/mol. The summed E-state index contributed by atoms with van der Waals surface area (Å²) in [7, 11) is 0. The molecule has 0 aliphatic rings. The Kier molecular flexibility index (Phi) is 2.56. The van der Waals surface area contributed by atoms with Gasteiger partial charge in [0, 0.05) is 17.0 Å². The van der Waals surface area contributed by atoms with E-state index in [0.717, 1.165) is 0 Å². The number of nitrogens with zero attached hydrogens (tertiary/aromatic N) is 1. The van der Waals surface area contributed by atoms with Crippen molar-refractivity contribution in [3.05, 3.63) is 47.6 Å². The van der Waals surface area contributed by atoms with E-state index in [4.69, 9.17) is 4.52 Å². The van der Waals surface area contributed by atoms with Crippen molar-refractivity contribution in [3.63, 3.8) is 0 Å². The molecule has 0 saturated carbocycles. The van der Waals surface area contributed by atoms with Gasteiger partial charge in [-0.2, -0.15) is 0 Å². The Bertz CT molecular complexity index is 760. The average Bonchev–Trinajstić information content (AvgIpc) is 2.96. The van der Waals surface area contributed by atoms with Crippen LogP contribution in [0.15, 0.2) is 34.9 Å². The molecule has 0 fully saturated rings. The van der Waals surface area contributed by atoms with Gasteiger partial charge in [0.25, 0.3) is 5.91 Å². The minimum Gasteiger partial charge on any atom is -0.360 e. The molecule has 0 bridgehead atoms. The molecule has 1 aromatic carbocycles. The van der Waals surface area contributed by atoms with Gasteiger partial charge in [-0.1, -0.05) is 11.2 Å². The highest BCUT2D eigenvalue weighted by Crippen LogP contribution is 2.19. The molecule has 0 radical (unpaired) electrons. The number of hydrogen-bond acceptors (Lipinski definition) is 3. The zero-order chi connectivity index (χ0) is 13.4. The van der Waals surface area contributed by atoms with E-state index in [1.807, 2.05) is 0 Å². The number of nitrogens with one attached hydrogen (secondary N) is 2. The number of carbonyl (C=O) groups excluding carboxylic acids is 1. The summed E-state index contributed by atoms with van der Waals surface area (Å²) in [5, 5.41) is 6.60. The minimum absolute atomic E-state index is 0.265. The first-order chi connectivity index (χ1) is 9.13. The molecule has 1 amide bonds. The maximum absolute atomic E-state index is 13.5. The van der Waals surface area contributed by atoms with Gasteiger partial charge < -0.3 is 14.8 Å². The molecule has 0 unspecified atom stereocenters. The maximum atomic E-state index is 13.5. The number of rotatable bonds is 2. The summed E-state index contributed by atoms with van der Waals surface area (Å²) >= 11 is 0. The highest BCUT2D eigenvalue weighted by atomic mass is 19.1. The van der Waals surface area contributed by atoms with Crippen molar-refractivity contribution in [1.29, 1.82) is 0 Å². The van der Waals surface area contributed by atoms with Crippen LogP contribution in [-0.4, -0.2) is 16.0 Å². The van der Waals surface area contributed by atoms with Crippen LogP contribution in [0.3, 0.4) is 0 Å². The molecular weight excluding hydrogens is 249 g/mol. The fourth-order valence-electron chi connectivity index (χ4n) is 1.85. The van der Waals surface area contributed by atoms with Crippen molar-refractivity contribution in [3.8, 4) is 0 Å². The van der Waals surface area contributed by atoms with Gasteiger partial charge in [0.1, 0.15) is 17.3 Å². The number of amides is 1. The van der Waals surface area contributed by atoms with Crippen LogP contribution >= 0.6 is 0 Å². The number of anilines is 1. The molecule has 0 aliphatic carbocycles. The number of benzene rings is 1. The number of halogens is 1. The summed E-state index contributed by atoms with van der Waals surface area (Å²) in [5.41, 5.74) is 0.835. The van der Waals surface area contributed by atoms with Gasteiger partial charge in [0.15, 0.2) is 5.82 Å². The summed E-state index contributed by atoms with van der Waals surface area (Å²) in [6, 6.07) is 7.69. The third-order valence-corrected chi connectivity index (χ3v) is 2.73. The maximum Gasteiger partial charge on any atom is 0.273 e. The van der Waals surface area contributed by atoms with Crippen LogP contribution in [-0.2, 0) is 0 Å². The first-order valence-corrected chi connectivity index (χ1v) is 5.65. The van der Waals surface area contributed by atoms with Crippen molar-refractivity contribution < 1.29 is 13.7 Å². The zero-order valence-electron chi connectivity index (χ0n) is 10.0. The molecule has 96 valence electrons. The lowest BCUT2D eigenvalue weighted by Gasteiger charge is -1.96. The Morgan fingerprint density at radius 3 is 2.95 bits per heavy atom. The molecule has 2 aromatic heterocycles. The van der Waals surface area contributed by atoms with Gasteiger partial charge in [-0.3, -0.25) is 4.79 Å². The van der Waals surface area contributed by atoms with Gasteiger partial charge in [-0.15, -0.1) is 0 Å². The van der Waals surface area contributed by atoms with Crippen molar-refractivity contribution in [2.24, 2.45) is 0 Å². The Morgan fingerprint density at radius 1 is 1.42 bits per heavy atom. The van der Waals surface area contributed by atoms with E-state index in [1.54, 1.807) is 25.1 Å². The summed E-state index contributed by atoms with van der Waals surface area (Å²) < 4.78 is 18.4. The lowest BCUT2D eigenvalue weighted by Crippen LogP contribution is -2.12. The fourth-order valence-corrected chi connectivity index (χ4v) is 1.85. The first-order valence-electron chi connectivity index (χ1n) is 5.65. The van der Waals surface area contributed by atoms with Crippen LogP contribution in [0.2, 0.25) is 0 Å². The van der Waals surface area contributed by atoms with Crippen LogP contribution in [0, 0.1) is 12.7 Å². The molecule has 2 heterocycles. The van der Waals surface area contributed by atoms with Crippen molar-refractivity contribution in [2.75, 3.05) is 5.32 Å². The lowest BCUT2D eigenvalue weighted by atomic mass is 10.2. The SMILES string of the molecule is Cc1cc(NC(=O)c2cc3c(F)cccc3[nH]2)no1. The van der Waals surface area contributed by atoms with E-state index >= 15 is 0 Å². The van der Waals surface area contributed by atoms with E-state index in [1.165, 1.54) is 12.1 Å². The minimum atomic E-state index is -0.399. The second kappa shape index (κ2) is 4.24. The topological polar surface area (TPSA) is 70.9 Å². The number of aryl methyl sites for hydroxylation is 1.